The molecule has 5 N–H and O–H groups in total. The zero-order valence-corrected chi connectivity index (χ0v) is 20.8. The zero-order valence-electron chi connectivity index (χ0n) is 20.0. The first-order valence-corrected chi connectivity index (χ1v) is 12.8. The smallest absolute Gasteiger partial charge is 0.251 e. The molecule has 35 heavy (non-hydrogen) atoms. The molecule has 1 unspecified atom stereocenters. The number of benzene rings is 1. The first-order chi connectivity index (χ1) is 16.9. The minimum atomic E-state index is -0.559. The molecule has 0 spiro atoms. The number of carbonyl (C=O) groups is 3. The number of carbonyl (C=O) groups excluding carboxylic acids is 3. The SMILES string of the molecule is CCCCCOc1ccc(C(=O)NCC(=O)N2CCCC2C(=O)NCc2cc(C(=N)N)cs2)cc1. The van der Waals surface area contributed by atoms with E-state index in [9.17, 15) is 14.4 Å². The lowest BCUT2D eigenvalue weighted by atomic mass is 10.2. The number of thiophene rings is 1. The van der Waals surface area contributed by atoms with Gasteiger partial charge in [0.1, 0.15) is 17.6 Å². The molecule has 1 atom stereocenters. The maximum atomic E-state index is 12.7. The summed E-state index contributed by atoms with van der Waals surface area (Å²) in [6.45, 7) is 3.39. The topological polar surface area (TPSA) is 138 Å². The van der Waals surface area contributed by atoms with Crippen LogP contribution in [0.15, 0.2) is 35.7 Å². The van der Waals surface area contributed by atoms with Crippen LogP contribution in [0.3, 0.4) is 0 Å². The van der Waals surface area contributed by atoms with Crippen molar-refractivity contribution in [1.29, 1.82) is 5.41 Å². The molecule has 1 aromatic heterocycles. The van der Waals surface area contributed by atoms with Gasteiger partial charge in [-0.25, -0.2) is 0 Å². The average Bonchev–Trinajstić information content (AvgIpc) is 3.54. The molecule has 9 nitrogen and oxygen atoms in total. The molecule has 3 rings (SSSR count). The highest BCUT2D eigenvalue weighted by Crippen LogP contribution is 2.19. The van der Waals surface area contributed by atoms with Gasteiger partial charge in [-0.2, -0.15) is 0 Å². The molecule has 2 heterocycles. The lowest BCUT2D eigenvalue weighted by Gasteiger charge is -2.24. The highest BCUT2D eigenvalue weighted by atomic mass is 32.1. The van der Waals surface area contributed by atoms with Gasteiger partial charge in [0.25, 0.3) is 5.91 Å². The number of nitrogens with two attached hydrogens (primary N) is 1. The van der Waals surface area contributed by atoms with Gasteiger partial charge >= 0.3 is 0 Å². The number of nitrogen functional groups attached to an aromatic ring is 1. The summed E-state index contributed by atoms with van der Waals surface area (Å²) in [5.41, 5.74) is 6.54. The lowest BCUT2D eigenvalue weighted by Crippen LogP contribution is -2.48. The third kappa shape index (κ3) is 7.54. The predicted molar refractivity (Wildman–Crippen MR) is 136 cm³/mol. The summed E-state index contributed by atoms with van der Waals surface area (Å²) < 4.78 is 5.66. The number of amides is 3. The van der Waals surface area contributed by atoms with Crippen LogP contribution in [0.4, 0.5) is 0 Å². The van der Waals surface area contributed by atoms with Crippen LogP contribution in [-0.4, -0.2) is 54.2 Å². The summed E-state index contributed by atoms with van der Waals surface area (Å²) in [4.78, 5) is 40.3. The predicted octanol–water partition coefficient (Wildman–Crippen LogP) is 2.64. The molecule has 1 aliphatic heterocycles. The first-order valence-electron chi connectivity index (χ1n) is 11.9. The van der Waals surface area contributed by atoms with Crippen molar-refractivity contribution < 1.29 is 19.1 Å². The molecule has 0 bridgehead atoms. The van der Waals surface area contributed by atoms with Gasteiger partial charge in [-0.15, -0.1) is 11.3 Å². The van der Waals surface area contributed by atoms with Crippen LogP contribution in [0.1, 0.15) is 59.8 Å². The van der Waals surface area contributed by atoms with Crippen molar-refractivity contribution in [3.63, 3.8) is 0 Å². The Labute approximate surface area is 209 Å². The van der Waals surface area contributed by atoms with Crippen LogP contribution < -0.4 is 21.1 Å². The zero-order chi connectivity index (χ0) is 25.2. The van der Waals surface area contributed by atoms with Gasteiger partial charge in [-0.05, 0) is 49.6 Å². The summed E-state index contributed by atoms with van der Waals surface area (Å²) in [6.07, 6.45) is 4.54. The van der Waals surface area contributed by atoms with Crippen LogP contribution in [0.25, 0.3) is 0 Å². The van der Waals surface area contributed by atoms with Gasteiger partial charge in [0, 0.05) is 27.9 Å². The van der Waals surface area contributed by atoms with E-state index in [1.165, 1.54) is 16.2 Å². The van der Waals surface area contributed by atoms with E-state index in [0.717, 1.165) is 30.6 Å². The van der Waals surface area contributed by atoms with E-state index < -0.39 is 6.04 Å². The molecular formula is C25H33N5O4S. The molecule has 188 valence electrons. The number of likely N-dealkylation sites (tertiary alicyclic amines) is 1. The van der Waals surface area contributed by atoms with Gasteiger partial charge < -0.3 is 26.0 Å². The van der Waals surface area contributed by atoms with Crippen molar-refractivity contribution in [1.82, 2.24) is 15.5 Å². The van der Waals surface area contributed by atoms with Crippen molar-refractivity contribution in [2.45, 2.75) is 51.6 Å². The third-order valence-corrected chi connectivity index (χ3v) is 6.75. The monoisotopic (exact) mass is 499 g/mol. The third-order valence-electron chi connectivity index (χ3n) is 5.81. The number of nitrogens with one attached hydrogen (secondary N) is 3. The van der Waals surface area contributed by atoms with Crippen LogP contribution in [0, 0.1) is 5.41 Å². The molecule has 2 aromatic rings. The number of unbranched alkanes of at least 4 members (excludes halogenated alkanes) is 2. The Kier molecular flexibility index (Phi) is 9.66. The fourth-order valence-corrected chi connectivity index (χ4v) is 4.67. The second kappa shape index (κ2) is 12.9. The summed E-state index contributed by atoms with van der Waals surface area (Å²) in [5.74, 6) is -0.175. The van der Waals surface area contributed by atoms with E-state index in [0.29, 0.717) is 43.0 Å². The van der Waals surface area contributed by atoms with Gasteiger partial charge in [-0.1, -0.05) is 19.8 Å². The summed E-state index contributed by atoms with van der Waals surface area (Å²) in [7, 11) is 0. The molecule has 1 aliphatic rings. The van der Waals surface area contributed by atoms with Crippen LogP contribution in [0.5, 0.6) is 5.75 Å². The number of ether oxygens (including phenoxy) is 1. The maximum Gasteiger partial charge on any atom is 0.251 e. The normalized spacial score (nSPS) is 15.0. The minimum absolute atomic E-state index is 0.0138. The van der Waals surface area contributed by atoms with E-state index in [1.54, 1.807) is 35.7 Å². The summed E-state index contributed by atoms with van der Waals surface area (Å²) in [5, 5.41) is 14.7. The van der Waals surface area contributed by atoms with E-state index in [2.05, 4.69) is 17.6 Å². The Hall–Kier alpha value is -3.40. The number of nitrogens with zero attached hydrogens (tertiary/aromatic N) is 1. The summed E-state index contributed by atoms with van der Waals surface area (Å²) >= 11 is 1.41. The Morgan fingerprint density at radius 3 is 2.63 bits per heavy atom. The second-order valence-electron chi connectivity index (χ2n) is 8.44. The molecule has 3 amide bonds. The van der Waals surface area contributed by atoms with Crippen LogP contribution >= 0.6 is 11.3 Å². The van der Waals surface area contributed by atoms with Crippen molar-refractivity contribution in [3.8, 4) is 5.75 Å². The van der Waals surface area contributed by atoms with Gasteiger partial charge in [-0.3, -0.25) is 19.8 Å². The Balaban J connectivity index is 1.45. The van der Waals surface area contributed by atoms with Crippen LogP contribution in [-0.2, 0) is 16.1 Å². The van der Waals surface area contributed by atoms with E-state index >= 15 is 0 Å². The molecular weight excluding hydrogens is 466 g/mol. The van der Waals surface area contributed by atoms with Gasteiger partial charge in [0.05, 0.1) is 19.7 Å². The van der Waals surface area contributed by atoms with Gasteiger partial charge in [0.15, 0.2) is 0 Å². The van der Waals surface area contributed by atoms with Crippen molar-refractivity contribution in [2.75, 3.05) is 19.7 Å². The number of rotatable bonds is 12. The highest BCUT2D eigenvalue weighted by Gasteiger charge is 2.33. The van der Waals surface area contributed by atoms with E-state index in [1.807, 2.05) is 0 Å². The number of amidine groups is 1. The minimum Gasteiger partial charge on any atom is -0.494 e. The largest absolute Gasteiger partial charge is 0.494 e. The Morgan fingerprint density at radius 2 is 1.94 bits per heavy atom. The van der Waals surface area contributed by atoms with Crippen molar-refractivity contribution in [3.05, 3.63) is 51.7 Å². The maximum absolute atomic E-state index is 12.7. The molecule has 0 saturated carbocycles. The lowest BCUT2D eigenvalue weighted by molar-refractivity contribution is -0.137. The van der Waals surface area contributed by atoms with Crippen molar-refractivity contribution in [2.24, 2.45) is 5.73 Å². The number of hydrogen-bond donors (Lipinski definition) is 4. The molecule has 10 heteroatoms. The first kappa shape index (κ1) is 26.2. The molecule has 1 aromatic carbocycles. The van der Waals surface area contributed by atoms with E-state index in [4.69, 9.17) is 15.9 Å². The average molecular weight is 500 g/mol. The number of hydrogen-bond acceptors (Lipinski definition) is 6. The highest BCUT2D eigenvalue weighted by molar-refractivity contribution is 7.10. The fraction of sp³-hybridized carbons (Fsp3) is 0.440. The van der Waals surface area contributed by atoms with E-state index in [-0.39, 0.29) is 30.1 Å². The molecule has 1 fully saturated rings. The quantitative estimate of drug-likeness (QED) is 0.202. The van der Waals surface area contributed by atoms with Crippen molar-refractivity contribution >= 4 is 34.9 Å². The molecule has 0 aliphatic carbocycles. The standard InChI is InChI=1S/C25H33N5O4S/c1-2-3-4-12-34-19-9-7-17(8-10-19)24(32)29-15-22(31)30-11-5-6-21(30)25(33)28-14-20-13-18(16-35-20)23(26)27/h7-10,13,16,21H,2-6,11-12,14-15H2,1H3,(H3,26,27)(H,28,33)(H,29,32). The Morgan fingerprint density at radius 1 is 1.17 bits per heavy atom. The second-order valence-corrected chi connectivity index (χ2v) is 9.44. The van der Waals surface area contributed by atoms with Crippen LogP contribution in [0.2, 0.25) is 0 Å². The van der Waals surface area contributed by atoms with Gasteiger partial charge in [0.2, 0.25) is 11.8 Å². The summed E-state index contributed by atoms with van der Waals surface area (Å²) in [6, 6.07) is 8.04. The molecule has 1 saturated heterocycles. The fourth-order valence-electron chi connectivity index (χ4n) is 3.85. The molecule has 0 radical (unpaired) electrons. The Bertz CT molecular complexity index is 1040.